The molecule has 17 heavy (non-hydrogen) atoms. The van der Waals surface area contributed by atoms with Gasteiger partial charge in [-0.2, -0.15) is 0 Å². The second-order valence-corrected chi connectivity index (χ2v) is 4.41. The van der Waals surface area contributed by atoms with E-state index in [2.05, 4.69) is 4.90 Å². The van der Waals surface area contributed by atoms with Gasteiger partial charge in [0.15, 0.2) is 0 Å². The Balaban J connectivity index is 2.18. The van der Waals surface area contributed by atoms with E-state index in [4.69, 9.17) is 0 Å². The third kappa shape index (κ3) is 3.00. The number of hydrogen-bond acceptors (Lipinski definition) is 1. The van der Waals surface area contributed by atoms with Crippen LogP contribution < -0.4 is 5.46 Å². The van der Waals surface area contributed by atoms with E-state index in [-0.39, 0.29) is 0 Å². The molecule has 0 unspecified atom stereocenters. The summed E-state index contributed by atoms with van der Waals surface area (Å²) in [5.41, 5.74) is -0.579. The van der Waals surface area contributed by atoms with Crippen LogP contribution in [-0.4, -0.2) is 25.0 Å². The fraction of sp³-hybridized carbons (Fsp3) is 0.455. The number of likely N-dealkylation sites (tertiary alicyclic amines) is 1. The van der Waals surface area contributed by atoms with Crippen molar-refractivity contribution in [2.24, 2.45) is 0 Å². The first-order valence-electron chi connectivity index (χ1n) is 5.67. The Labute approximate surface area is 97.5 Å². The molecule has 0 N–H and O–H groups in total. The number of nitrogens with zero attached hydrogens (tertiary/aromatic N) is 1. The molecule has 0 aromatic heterocycles. The highest BCUT2D eigenvalue weighted by molar-refractivity contribution is 6.73. The summed E-state index contributed by atoms with van der Waals surface area (Å²) < 4.78 is 50.7. The molecule has 1 fully saturated rings. The van der Waals surface area contributed by atoms with Crippen molar-refractivity contribution in [3.8, 4) is 0 Å². The maximum absolute atomic E-state index is 13.1. The average molecular weight is 246 g/mol. The summed E-state index contributed by atoms with van der Waals surface area (Å²) in [7, 11) is 0. The van der Waals surface area contributed by atoms with Gasteiger partial charge >= 0.3 is 6.98 Å². The highest BCUT2D eigenvalue weighted by atomic mass is 19.4. The largest absolute Gasteiger partial charge is 0.512 e. The van der Waals surface area contributed by atoms with E-state index < -0.39 is 18.3 Å². The molecule has 0 aliphatic carbocycles. The first kappa shape index (κ1) is 12.4. The van der Waals surface area contributed by atoms with Crippen molar-refractivity contribution in [3.63, 3.8) is 0 Å². The lowest BCUT2D eigenvalue weighted by molar-refractivity contribution is 0.331. The molecular weight excluding hydrogens is 233 g/mol. The van der Waals surface area contributed by atoms with Crippen molar-refractivity contribution in [1.29, 1.82) is 0 Å². The minimum absolute atomic E-state index is 0.472. The molecule has 1 aromatic carbocycles. The summed E-state index contributed by atoms with van der Waals surface area (Å²) in [6.45, 7) is -2.98. The van der Waals surface area contributed by atoms with Crippen LogP contribution in [0.25, 0.3) is 0 Å². The summed E-state index contributed by atoms with van der Waals surface area (Å²) in [5, 5.41) is 0. The lowest BCUT2D eigenvalue weighted by Crippen LogP contribution is -2.37. The molecule has 6 heteroatoms. The van der Waals surface area contributed by atoms with E-state index in [9.17, 15) is 17.3 Å². The smallest absolute Gasteiger partial charge is 0.445 e. The van der Waals surface area contributed by atoms with Crippen LogP contribution in [0, 0.1) is 5.82 Å². The van der Waals surface area contributed by atoms with Crippen LogP contribution in [0.2, 0.25) is 0 Å². The van der Waals surface area contributed by atoms with Gasteiger partial charge in [-0.05, 0) is 37.6 Å². The molecule has 0 spiro atoms. The number of rotatable bonds is 3. The lowest BCUT2D eigenvalue weighted by atomic mass is 9.79. The third-order valence-electron chi connectivity index (χ3n) is 3.02. The Morgan fingerprint density at radius 1 is 1.12 bits per heavy atom. The summed E-state index contributed by atoms with van der Waals surface area (Å²) in [6, 6.07) is 3.28. The fourth-order valence-electron chi connectivity index (χ4n) is 2.14. The van der Waals surface area contributed by atoms with E-state index >= 15 is 0 Å². The van der Waals surface area contributed by atoms with E-state index in [1.807, 2.05) is 0 Å². The SMILES string of the molecule is Fc1ccc(CN2CCCC2)cc1[B-](F)(F)F. The van der Waals surface area contributed by atoms with Crippen LogP contribution in [0.5, 0.6) is 0 Å². The van der Waals surface area contributed by atoms with Crippen LogP contribution >= 0.6 is 0 Å². The van der Waals surface area contributed by atoms with Crippen LogP contribution in [0.4, 0.5) is 17.3 Å². The molecule has 94 valence electrons. The zero-order valence-electron chi connectivity index (χ0n) is 9.30. The maximum atomic E-state index is 13.1. The quantitative estimate of drug-likeness (QED) is 0.585. The first-order valence-corrected chi connectivity index (χ1v) is 5.67. The van der Waals surface area contributed by atoms with Crippen molar-refractivity contribution in [2.75, 3.05) is 13.1 Å². The average Bonchev–Trinajstić information content (AvgIpc) is 2.72. The second-order valence-electron chi connectivity index (χ2n) is 4.41. The standard InChI is InChI=1S/C11H13BF4N/c13-11-4-3-9(7-10(11)12(14,15)16)8-17-5-1-2-6-17/h3-4,7H,1-2,5-6,8H2/q-1. The van der Waals surface area contributed by atoms with Crippen molar-refractivity contribution in [3.05, 3.63) is 29.6 Å². The van der Waals surface area contributed by atoms with Crippen molar-refractivity contribution in [2.45, 2.75) is 19.4 Å². The third-order valence-corrected chi connectivity index (χ3v) is 3.02. The van der Waals surface area contributed by atoms with E-state index in [0.29, 0.717) is 12.1 Å². The highest BCUT2D eigenvalue weighted by Gasteiger charge is 2.29. The van der Waals surface area contributed by atoms with Gasteiger partial charge in [0.05, 0.1) is 5.82 Å². The summed E-state index contributed by atoms with van der Waals surface area (Å²) in [4.78, 5) is 2.08. The van der Waals surface area contributed by atoms with Crippen LogP contribution in [-0.2, 0) is 6.54 Å². The Morgan fingerprint density at radius 2 is 1.76 bits per heavy atom. The monoisotopic (exact) mass is 246 g/mol. The molecule has 0 saturated carbocycles. The molecule has 1 heterocycles. The van der Waals surface area contributed by atoms with Crippen molar-refractivity contribution in [1.82, 2.24) is 4.90 Å². The summed E-state index contributed by atoms with van der Waals surface area (Å²) >= 11 is 0. The molecule has 0 atom stereocenters. The minimum atomic E-state index is -5.27. The van der Waals surface area contributed by atoms with E-state index in [0.717, 1.165) is 38.1 Å². The van der Waals surface area contributed by atoms with Crippen LogP contribution in [0.15, 0.2) is 18.2 Å². The zero-order valence-corrected chi connectivity index (χ0v) is 9.30. The predicted molar refractivity (Wildman–Crippen MR) is 59.6 cm³/mol. The fourth-order valence-corrected chi connectivity index (χ4v) is 2.14. The van der Waals surface area contributed by atoms with Crippen LogP contribution in [0.1, 0.15) is 18.4 Å². The molecule has 1 saturated heterocycles. The van der Waals surface area contributed by atoms with Gasteiger partial charge in [0, 0.05) is 6.54 Å². The predicted octanol–water partition coefficient (Wildman–Crippen LogP) is 2.48. The Morgan fingerprint density at radius 3 is 2.35 bits per heavy atom. The Bertz CT molecular complexity index is 399. The molecule has 1 aromatic rings. The van der Waals surface area contributed by atoms with Gasteiger partial charge in [-0.3, -0.25) is 4.90 Å². The molecule has 1 aliphatic heterocycles. The van der Waals surface area contributed by atoms with Crippen molar-refractivity contribution >= 4 is 12.4 Å². The van der Waals surface area contributed by atoms with Gasteiger partial charge < -0.3 is 12.9 Å². The first-order chi connectivity index (χ1) is 7.97. The van der Waals surface area contributed by atoms with E-state index in [1.165, 1.54) is 6.07 Å². The second kappa shape index (κ2) is 4.68. The number of benzene rings is 1. The Kier molecular flexibility index (Phi) is 3.42. The molecule has 0 amide bonds. The van der Waals surface area contributed by atoms with Gasteiger partial charge in [0.1, 0.15) is 0 Å². The van der Waals surface area contributed by atoms with Gasteiger partial charge in [0.25, 0.3) is 0 Å². The summed E-state index contributed by atoms with van der Waals surface area (Å²) in [6.07, 6.45) is 2.16. The number of hydrogen-bond donors (Lipinski definition) is 0. The molecule has 1 aliphatic rings. The van der Waals surface area contributed by atoms with Gasteiger partial charge in [0.2, 0.25) is 0 Å². The minimum Gasteiger partial charge on any atom is -0.445 e. The van der Waals surface area contributed by atoms with Gasteiger partial charge in [-0.25, -0.2) is 4.39 Å². The topological polar surface area (TPSA) is 3.24 Å². The number of halogens is 4. The normalized spacial score (nSPS) is 17.6. The molecule has 1 nitrogen and oxygen atoms in total. The highest BCUT2D eigenvalue weighted by Crippen LogP contribution is 2.16. The Hall–Kier alpha value is -1.04. The zero-order chi connectivity index (χ0) is 12.5. The van der Waals surface area contributed by atoms with Gasteiger partial charge in [-0.15, -0.1) is 0 Å². The van der Waals surface area contributed by atoms with Crippen LogP contribution in [0.3, 0.4) is 0 Å². The molecule has 0 radical (unpaired) electrons. The molecule has 0 bridgehead atoms. The molecule has 2 rings (SSSR count). The lowest BCUT2D eigenvalue weighted by Gasteiger charge is -2.19. The summed E-state index contributed by atoms with van der Waals surface area (Å²) in [5.74, 6) is -1.18. The molecular formula is C11H13BF4N-. The van der Waals surface area contributed by atoms with E-state index in [1.54, 1.807) is 0 Å². The maximum Gasteiger partial charge on any atom is 0.512 e. The van der Waals surface area contributed by atoms with Crippen molar-refractivity contribution < 1.29 is 17.3 Å². The van der Waals surface area contributed by atoms with Gasteiger partial charge in [-0.1, -0.05) is 17.6 Å².